The molecule has 20 heavy (non-hydrogen) atoms. The zero-order chi connectivity index (χ0) is 14.4. The average Bonchev–Trinajstić information content (AvgIpc) is 2.66. The molecule has 1 N–H and O–H groups in total. The fourth-order valence-corrected chi connectivity index (χ4v) is 4.97. The van der Waals surface area contributed by atoms with Crippen molar-refractivity contribution in [3.63, 3.8) is 0 Å². The monoisotopic (exact) mass is 460 g/mol. The Morgan fingerprint density at radius 1 is 1.05 bits per heavy atom. The van der Waals surface area contributed by atoms with E-state index >= 15 is 0 Å². The van der Waals surface area contributed by atoms with Crippen LogP contribution in [0.5, 0.6) is 0 Å². The second-order valence-corrected chi connectivity index (χ2v) is 7.08. The van der Waals surface area contributed by atoms with Crippen molar-refractivity contribution in [1.82, 2.24) is 0 Å². The van der Waals surface area contributed by atoms with E-state index in [9.17, 15) is 4.39 Å². The molecular formula is C14H8Br3FN2. The Balaban J connectivity index is 2.09. The standard InChI is InChI=1S/C14H8Br3FN2/c15-8-3-11(16)13(12(17)4-8)20-6-7-1-2-9(18)5-10(7)14(20)19/h1-5,19H,6H2. The van der Waals surface area contributed by atoms with Crippen LogP contribution < -0.4 is 4.90 Å². The number of hydrogen-bond acceptors (Lipinski definition) is 1. The van der Waals surface area contributed by atoms with E-state index in [1.807, 2.05) is 17.0 Å². The molecule has 0 fully saturated rings. The normalized spacial score (nSPS) is 13.8. The first-order valence-electron chi connectivity index (χ1n) is 5.77. The van der Waals surface area contributed by atoms with Gasteiger partial charge in [0.05, 0.1) is 12.2 Å². The number of rotatable bonds is 1. The molecule has 0 unspecified atom stereocenters. The third-order valence-corrected chi connectivity index (χ3v) is 4.84. The molecular weight excluding hydrogens is 455 g/mol. The maximum Gasteiger partial charge on any atom is 0.133 e. The molecule has 0 saturated carbocycles. The van der Waals surface area contributed by atoms with Gasteiger partial charge in [-0.15, -0.1) is 0 Å². The maximum absolute atomic E-state index is 13.3. The highest BCUT2D eigenvalue weighted by Gasteiger charge is 2.28. The Morgan fingerprint density at radius 2 is 1.70 bits per heavy atom. The predicted molar refractivity (Wildman–Crippen MR) is 89.0 cm³/mol. The summed E-state index contributed by atoms with van der Waals surface area (Å²) in [6, 6.07) is 8.44. The molecule has 2 nitrogen and oxygen atoms in total. The van der Waals surface area contributed by atoms with Gasteiger partial charge in [-0.3, -0.25) is 5.41 Å². The van der Waals surface area contributed by atoms with Crippen molar-refractivity contribution >= 4 is 59.3 Å². The number of hydrogen-bond donors (Lipinski definition) is 1. The lowest BCUT2D eigenvalue weighted by Crippen LogP contribution is -2.24. The van der Waals surface area contributed by atoms with E-state index in [2.05, 4.69) is 47.8 Å². The van der Waals surface area contributed by atoms with Crippen LogP contribution in [0.1, 0.15) is 11.1 Å². The zero-order valence-corrected chi connectivity index (χ0v) is 14.8. The van der Waals surface area contributed by atoms with Gasteiger partial charge in [0.15, 0.2) is 0 Å². The van der Waals surface area contributed by atoms with E-state index in [-0.39, 0.29) is 5.82 Å². The summed E-state index contributed by atoms with van der Waals surface area (Å²) in [6.07, 6.45) is 0. The van der Waals surface area contributed by atoms with Crippen LogP contribution >= 0.6 is 47.8 Å². The van der Waals surface area contributed by atoms with Crippen LogP contribution in [0.2, 0.25) is 0 Å². The SMILES string of the molecule is N=C1c2cc(F)ccc2CN1c1c(Br)cc(Br)cc1Br. The highest BCUT2D eigenvalue weighted by atomic mass is 79.9. The van der Waals surface area contributed by atoms with Gasteiger partial charge in [-0.25, -0.2) is 4.39 Å². The summed E-state index contributed by atoms with van der Waals surface area (Å²) in [5, 5.41) is 8.27. The lowest BCUT2D eigenvalue weighted by atomic mass is 10.1. The first-order valence-corrected chi connectivity index (χ1v) is 8.14. The van der Waals surface area contributed by atoms with Crippen LogP contribution in [0.3, 0.4) is 0 Å². The van der Waals surface area contributed by atoms with Crippen LogP contribution in [-0.2, 0) is 6.54 Å². The molecule has 0 saturated heterocycles. The Labute approximate surface area is 140 Å². The first-order chi connectivity index (χ1) is 9.47. The molecule has 0 aliphatic carbocycles. The van der Waals surface area contributed by atoms with E-state index in [1.54, 1.807) is 6.07 Å². The second-order valence-electron chi connectivity index (χ2n) is 4.45. The molecule has 0 bridgehead atoms. The van der Waals surface area contributed by atoms with Gasteiger partial charge in [0.2, 0.25) is 0 Å². The molecule has 1 heterocycles. The van der Waals surface area contributed by atoms with Gasteiger partial charge in [-0.05, 0) is 61.7 Å². The van der Waals surface area contributed by atoms with Gasteiger partial charge < -0.3 is 4.90 Å². The van der Waals surface area contributed by atoms with E-state index in [4.69, 9.17) is 5.41 Å². The molecule has 1 aliphatic heterocycles. The molecule has 3 rings (SSSR count). The second kappa shape index (κ2) is 5.24. The summed E-state index contributed by atoms with van der Waals surface area (Å²) in [5.41, 5.74) is 2.47. The third kappa shape index (κ3) is 2.34. The molecule has 2 aromatic carbocycles. The number of nitrogens with one attached hydrogen (secondary N) is 1. The third-order valence-electron chi connectivity index (χ3n) is 3.18. The Hall–Kier alpha value is -0.720. The molecule has 0 spiro atoms. The van der Waals surface area contributed by atoms with Gasteiger partial charge in [0.1, 0.15) is 11.7 Å². The Bertz CT molecular complexity index is 707. The number of benzene rings is 2. The van der Waals surface area contributed by atoms with Crippen molar-refractivity contribution in [1.29, 1.82) is 5.41 Å². The quantitative estimate of drug-likeness (QED) is 0.598. The Morgan fingerprint density at radius 3 is 2.35 bits per heavy atom. The summed E-state index contributed by atoms with van der Waals surface area (Å²) >= 11 is 10.5. The lowest BCUT2D eigenvalue weighted by Gasteiger charge is -2.21. The van der Waals surface area contributed by atoms with Crippen molar-refractivity contribution < 1.29 is 4.39 Å². The largest absolute Gasteiger partial charge is 0.320 e. The van der Waals surface area contributed by atoms with Crippen molar-refractivity contribution in [2.75, 3.05) is 4.90 Å². The Kier molecular flexibility index (Phi) is 3.73. The minimum absolute atomic E-state index is 0.309. The van der Waals surface area contributed by atoms with Gasteiger partial charge >= 0.3 is 0 Å². The summed E-state index contributed by atoms with van der Waals surface area (Å²) in [5.74, 6) is -0.00694. The lowest BCUT2D eigenvalue weighted by molar-refractivity contribution is 0.627. The van der Waals surface area contributed by atoms with Crippen LogP contribution in [-0.4, -0.2) is 5.84 Å². The molecule has 1 aliphatic rings. The van der Waals surface area contributed by atoms with Crippen LogP contribution in [0.15, 0.2) is 43.7 Å². The van der Waals surface area contributed by atoms with Gasteiger partial charge in [-0.2, -0.15) is 0 Å². The smallest absolute Gasteiger partial charge is 0.133 e. The highest BCUT2D eigenvalue weighted by Crippen LogP contribution is 2.40. The summed E-state index contributed by atoms with van der Waals surface area (Å²) in [4.78, 5) is 1.85. The first kappa shape index (κ1) is 14.2. The number of nitrogens with zero attached hydrogens (tertiary/aromatic N) is 1. The van der Waals surface area contributed by atoms with Gasteiger partial charge in [-0.1, -0.05) is 22.0 Å². The predicted octanol–water partition coefficient (Wildman–Crippen LogP) is 5.46. The maximum atomic E-state index is 13.3. The number of amidine groups is 1. The molecule has 0 aromatic heterocycles. The minimum atomic E-state index is -0.315. The van der Waals surface area contributed by atoms with Gasteiger partial charge in [0.25, 0.3) is 0 Å². The molecule has 0 radical (unpaired) electrons. The van der Waals surface area contributed by atoms with E-state index in [0.717, 1.165) is 24.7 Å². The fourth-order valence-electron chi connectivity index (χ4n) is 2.29. The number of halogens is 4. The molecule has 0 amide bonds. The molecule has 102 valence electrons. The zero-order valence-electron chi connectivity index (χ0n) is 10.1. The minimum Gasteiger partial charge on any atom is -0.320 e. The van der Waals surface area contributed by atoms with E-state index in [0.29, 0.717) is 17.9 Å². The van der Waals surface area contributed by atoms with Crippen molar-refractivity contribution in [3.8, 4) is 0 Å². The molecule has 2 aromatic rings. The topological polar surface area (TPSA) is 27.1 Å². The molecule has 6 heteroatoms. The summed E-state index contributed by atoms with van der Waals surface area (Å²) < 4.78 is 16.0. The number of fused-ring (bicyclic) bond motifs is 1. The summed E-state index contributed by atoms with van der Waals surface area (Å²) in [7, 11) is 0. The van der Waals surface area contributed by atoms with Crippen molar-refractivity contribution in [2.45, 2.75) is 6.54 Å². The van der Waals surface area contributed by atoms with E-state index in [1.165, 1.54) is 12.1 Å². The van der Waals surface area contributed by atoms with Crippen LogP contribution in [0.25, 0.3) is 0 Å². The average molecular weight is 463 g/mol. The van der Waals surface area contributed by atoms with Crippen molar-refractivity contribution in [3.05, 3.63) is 60.7 Å². The highest BCUT2D eigenvalue weighted by molar-refractivity contribution is 9.11. The van der Waals surface area contributed by atoms with Crippen LogP contribution in [0.4, 0.5) is 10.1 Å². The number of anilines is 1. The van der Waals surface area contributed by atoms with Gasteiger partial charge in [0, 0.05) is 19.0 Å². The van der Waals surface area contributed by atoms with Crippen LogP contribution in [0, 0.1) is 11.2 Å². The summed E-state index contributed by atoms with van der Waals surface area (Å²) in [6.45, 7) is 0.563. The van der Waals surface area contributed by atoms with E-state index < -0.39 is 0 Å². The fraction of sp³-hybridized carbons (Fsp3) is 0.0714. The molecule has 0 atom stereocenters. The van der Waals surface area contributed by atoms with Crippen molar-refractivity contribution in [2.24, 2.45) is 0 Å².